The van der Waals surface area contributed by atoms with E-state index in [4.69, 9.17) is 22.1 Å². The average molecular weight is 288 g/mol. The lowest BCUT2D eigenvalue weighted by molar-refractivity contribution is -0.116. The van der Waals surface area contributed by atoms with Gasteiger partial charge in [-0.05, 0) is 39.3 Å². The molecule has 0 unspecified atom stereocenters. The first-order chi connectivity index (χ1) is 8.79. The smallest absolute Gasteiger partial charge is 0.322 e. The molecule has 19 heavy (non-hydrogen) atoms. The normalized spacial score (nSPS) is 10.9. The van der Waals surface area contributed by atoms with Gasteiger partial charge in [0.15, 0.2) is 0 Å². The molecule has 0 spiro atoms. The molecular weight excluding hydrogens is 270 g/mol. The van der Waals surface area contributed by atoms with Crippen LogP contribution in [0.1, 0.15) is 27.7 Å². The summed E-state index contributed by atoms with van der Waals surface area (Å²) < 4.78 is 5.38. The first kappa shape index (κ1) is 15.4. The Morgan fingerprint density at radius 3 is 2.42 bits per heavy atom. The van der Waals surface area contributed by atoms with Crippen molar-refractivity contribution in [2.45, 2.75) is 39.8 Å². The fourth-order valence-electron chi connectivity index (χ4n) is 1.37. The van der Waals surface area contributed by atoms with Crippen LogP contribution in [0.3, 0.4) is 0 Å². The number of rotatable bonds is 6. The zero-order valence-corrected chi connectivity index (χ0v) is 12.2. The van der Waals surface area contributed by atoms with Gasteiger partial charge in [-0.25, -0.2) is 0 Å². The van der Waals surface area contributed by atoms with Crippen molar-refractivity contribution in [3.05, 3.63) is 5.28 Å². The fraction of sp³-hybridized carbons (Fsp3) is 0.636. The number of hydrogen-bond donors (Lipinski definition) is 1. The van der Waals surface area contributed by atoms with E-state index in [0.29, 0.717) is 0 Å². The first-order valence-corrected chi connectivity index (χ1v) is 6.30. The Morgan fingerprint density at radius 2 is 1.95 bits per heavy atom. The summed E-state index contributed by atoms with van der Waals surface area (Å²) in [6, 6.07) is 0.109. The van der Waals surface area contributed by atoms with E-state index < -0.39 is 5.91 Å². The number of nitrogens with zero attached hydrogens (tertiary/aromatic N) is 4. The molecule has 0 saturated carbocycles. The Bertz CT molecular complexity index is 453. The standard InChI is InChI=1S/C11H18ClN5O2/c1-6(2)17(5-8(13)18)10-14-9(12)15-11(16-10)19-7(3)4/h6-7H,5H2,1-4H3,(H2,13,18). The lowest BCUT2D eigenvalue weighted by atomic mass is 10.3. The highest BCUT2D eigenvalue weighted by atomic mass is 35.5. The lowest BCUT2D eigenvalue weighted by Crippen LogP contribution is -2.39. The van der Waals surface area contributed by atoms with Gasteiger partial charge < -0.3 is 15.4 Å². The van der Waals surface area contributed by atoms with Crippen molar-refractivity contribution in [2.75, 3.05) is 11.4 Å². The fourth-order valence-corrected chi connectivity index (χ4v) is 1.51. The molecule has 0 aliphatic carbocycles. The Kier molecular flexibility index (Phi) is 5.29. The topological polar surface area (TPSA) is 94.2 Å². The van der Waals surface area contributed by atoms with Crippen LogP contribution in [0.5, 0.6) is 6.01 Å². The molecule has 8 heteroatoms. The molecule has 106 valence electrons. The first-order valence-electron chi connectivity index (χ1n) is 5.92. The van der Waals surface area contributed by atoms with Gasteiger partial charge in [-0.1, -0.05) is 0 Å². The number of carbonyl (C=O) groups excluding carboxylic acids is 1. The highest BCUT2D eigenvalue weighted by Gasteiger charge is 2.18. The zero-order valence-electron chi connectivity index (χ0n) is 11.4. The van der Waals surface area contributed by atoms with Crippen molar-refractivity contribution < 1.29 is 9.53 Å². The van der Waals surface area contributed by atoms with Crippen LogP contribution in [-0.4, -0.2) is 39.5 Å². The van der Waals surface area contributed by atoms with E-state index >= 15 is 0 Å². The van der Waals surface area contributed by atoms with Crippen molar-refractivity contribution in [1.82, 2.24) is 15.0 Å². The molecule has 0 saturated heterocycles. The number of amides is 1. The van der Waals surface area contributed by atoms with Crippen LogP contribution in [-0.2, 0) is 4.79 Å². The van der Waals surface area contributed by atoms with E-state index in [2.05, 4.69) is 15.0 Å². The predicted molar refractivity (Wildman–Crippen MR) is 72.3 cm³/mol. The number of aromatic nitrogens is 3. The molecule has 1 aromatic heterocycles. The van der Waals surface area contributed by atoms with Gasteiger partial charge in [0.2, 0.25) is 17.1 Å². The second kappa shape index (κ2) is 6.51. The van der Waals surface area contributed by atoms with Gasteiger partial charge in [-0.15, -0.1) is 0 Å². The third kappa shape index (κ3) is 4.86. The van der Waals surface area contributed by atoms with Gasteiger partial charge in [0.1, 0.15) is 0 Å². The number of hydrogen-bond acceptors (Lipinski definition) is 6. The number of anilines is 1. The van der Waals surface area contributed by atoms with E-state index in [1.165, 1.54) is 0 Å². The minimum absolute atomic E-state index is 0.000866. The summed E-state index contributed by atoms with van der Waals surface area (Å²) in [7, 11) is 0. The molecule has 0 aliphatic heterocycles. The van der Waals surface area contributed by atoms with Gasteiger partial charge >= 0.3 is 6.01 Å². The summed E-state index contributed by atoms with van der Waals surface area (Å²) in [5.41, 5.74) is 5.21. The zero-order chi connectivity index (χ0) is 14.6. The van der Waals surface area contributed by atoms with Crippen LogP contribution in [0, 0.1) is 0 Å². The van der Waals surface area contributed by atoms with Crippen molar-refractivity contribution in [2.24, 2.45) is 5.73 Å². The van der Waals surface area contributed by atoms with Crippen LogP contribution >= 0.6 is 11.6 Å². The molecule has 0 fully saturated rings. The molecule has 1 aromatic rings. The van der Waals surface area contributed by atoms with Gasteiger partial charge in [-0.2, -0.15) is 15.0 Å². The van der Waals surface area contributed by atoms with Gasteiger partial charge in [0.05, 0.1) is 12.6 Å². The maximum atomic E-state index is 11.1. The molecule has 1 amide bonds. The lowest BCUT2D eigenvalue weighted by Gasteiger charge is -2.25. The van der Waals surface area contributed by atoms with E-state index in [1.807, 2.05) is 27.7 Å². The average Bonchev–Trinajstić information content (AvgIpc) is 2.23. The molecule has 0 aliphatic rings. The Hall–Kier alpha value is -1.63. The third-order valence-electron chi connectivity index (χ3n) is 2.12. The number of nitrogens with two attached hydrogens (primary N) is 1. The summed E-state index contributed by atoms with van der Waals surface area (Å²) in [5, 5.41) is 0.00997. The van der Waals surface area contributed by atoms with E-state index in [-0.39, 0.29) is 35.9 Å². The van der Waals surface area contributed by atoms with E-state index in [9.17, 15) is 4.79 Å². The van der Waals surface area contributed by atoms with Crippen molar-refractivity contribution >= 4 is 23.5 Å². The maximum Gasteiger partial charge on any atom is 0.322 e. The molecule has 0 aromatic carbocycles. The second-order valence-electron chi connectivity index (χ2n) is 4.54. The summed E-state index contributed by atoms with van der Waals surface area (Å²) in [4.78, 5) is 24.7. The van der Waals surface area contributed by atoms with Gasteiger partial charge in [0, 0.05) is 6.04 Å². The SMILES string of the molecule is CC(C)Oc1nc(Cl)nc(N(CC(N)=O)C(C)C)n1. The van der Waals surface area contributed by atoms with Gasteiger partial charge in [0.25, 0.3) is 0 Å². The summed E-state index contributed by atoms with van der Waals surface area (Å²) in [5.74, 6) is -0.207. The number of ether oxygens (including phenoxy) is 1. The van der Waals surface area contributed by atoms with Crippen LogP contribution in [0.25, 0.3) is 0 Å². The molecule has 0 bridgehead atoms. The molecule has 1 heterocycles. The van der Waals surface area contributed by atoms with Crippen molar-refractivity contribution in [3.8, 4) is 6.01 Å². The van der Waals surface area contributed by atoms with E-state index in [0.717, 1.165) is 0 Å². The van der Waals surface area contributed by atoms with Crippen molar-refractivity contribution in [3.63, 3.8) is 0 Å². The number of halogens is 1. The van der Waals surface area contributed by atoms with E-state index in [1.54, 1.807) is 4.90 Å². The molecule has 2 N–H and O–H groups in total. The number of primary amides is 1. The monoisotopic (exact) mass is 287 g/mol. The molecule has 1 rings (SSSR count). The molecule has 7 nitrogen and oxygen atoms in total. The van der Waals surface area contributed by atoms with Gasteiger partial charge in [-0.3, -0.25) is 4.79 Å². The van der Waals surface area contributed by atoms with Crippen molar-refractivity contribution in [1.29, 1.82) is 0 Å². The van der Waals surface area contributed by atoms with Crippen LogP contribution in [0.15, 0.2) is 0 Å². The molecule has 0 radical (unpaired) electrons. The largest absolute Gasteiger partial charge is 0.461 e. The Labute approximate surface area is 117 Å². The third-order valence-corrected chi connectivity index (χ3v) is 2.29. The Balaban J connectivity index is 3.08. The minimum Gasteiger partial charge on any atom is -0.461 e. The van der Waals surface area contributed by atoms with Crippen LogP contribution in [0.2, 0.25) is 5.28 Å². The second-order valence-corrected chi connectivity index (χ2v) is 4.88. The molecule has 0 atom stereocenters. The minimum atomic E-state index is -0.475. The Morgan fingerprint density at radius 1 is 1.32 bits per heavy atom. The van der Waals surface area contributed by atoms with Crippen LogP contribution < -0.4 is 15.4 Å². The van der Waals surface area contributed by atoms with Crippen LogP contribution in [0.4, 0.5) is 5.95 Å². The maximum absolute atomic E-state index is 11.1. The predicted octanol–water partition coefficient (Wildman–Crippen LogP) is 1.01. The highest BCUT2D eigenvalue weighted by Crippen LogP contribution is 2.17. The molecular formula is C11H18ClN5O2. The summed E-state index contributed by atoms with van der Waals surface area (Å²) in [6.07, 6.45) is -0.0880. The summed E-state index contributed by atoms with van der Waals surface area (Å²) in [6.45, 7) is 7.48. The summed E-state index contributed by atoms with van der Waals surface area (Å²) >= 11 is 5.83. The highest BCUT2D eigenvalue weighted by molar-refractivity contribution is 6.28. The number of carbonyl (C=O) groups is 1. The quantitative estimate of drug-likeness (QED) is 0.839.